The number of rotatable bonds is 3. The summed E-state index contributed by atoms with van der Waals surface area (Å²) in [4.78, 5) is 3.92. The number of hydrogen-bond acceptors (Lipinski definition) is 4. The van der Waals surface area contributed by atoms with Crippen molar-refractivity contribution in [3.63, 3.8) is 0 Å². The molecule has 0 amide bonds. The number of nitrogen functional groups attached to an aromatic ring is 1. The van der Waals surface area contributed by atoms with Crippen LogP contribution in [0.3, 0.4) is 0 Å². The summed E-state index contributed by atoms with van der Waals surface area (Å²) in [6.45, 7) is 0. The van der Waals surface area contributed by atoms with Gasteiger partial charge in [-0.05, 0) is 18.2 Å². The lowest BCUT2D eigenvalue weighted by Gasteiger charge is -2.11. The van der Waals surface area contributed by atoms with E-state index in [0.717, 1.165) is 17.1 Å². The minimum Gasteiger partial charge on any atom is -0.497 e. The minimum absolute atomic E-state index is 0.561. The highest BCUT2D eigenvalue weighted by molar-refractivity contribution is 6.33. The van der Waals surface area contributed by atoms with Gasteiger partial charge in [0.05, 0.1) is 35.4 Å². The topological polar surface area (TPSA) is 60.2 Å². The third kappa shape index (κ3) is 2.60. The fourth-order valence-electron chi connectivity index (χ4n) is 1.39. The molecule has 88 valence electrons. The summed E-state index contributed by atoms with van der Waals surface area (Å²) >= 11 is 6.08. The normalized spacial score (nSPS) is 10.0. The van der Waals surface area contributed by atoms with Crippen molar-refractivity contribution < 1.29 is 4.74 Å². The number of pyridine rings is 1. The largest absolute Gasteiger partial charge is 0.497 e. The van der Waals surface area contributed by atoms with E-state index in [1.54, 1.807) is 37.7 Å². The van der Waals surface area contributed by atoms with Gasteiger partial charge in [-0.15, -0.1) is 0 Å². The van der Waals surface area contributed by atoms with Crippen LogP contribution in [0.4, 0.5) is 17.1 Å². The molecule has 0 unspecified atom stereocenters. The van der Waals surface area contributed by atoms with Crippen molar-refractivity contribution in [3.8, 4) is 5.75 Å². The number of nitrogens with two attached hydrogens (primary N) is 1. The molecule has 0 radical (unpaired) electrons. The van der Waals surface area contributed by atoms with Crippen LogP contribution in [-0.2, 0) is 0 Å². The van der Waals surface area contributed by atoms with E-state index < -0.39 is 0 Å². The maximum atomic E-state index is 6.08. The van der Waals surface area contributed by atoms with E-state index in [1.807, 2.05) is 6.07 Å². The molecule has 0 bridgehead atoms. The van der Waals surface area contributed by atoms with Crippen molar-refractivity contribution in [3.05, 3.63) is 41.7 Å². The van der Waals surface area contributed by atoms with E-state index in [1.165, 1.54) is 0 Å². The molecule has 1 heterocycles. The minimum atomic E-state index is 0.561. The third-order valence-electron chi connectivity index (χ3n) is 2.29. The van der Waals surface area contributed by atoms with E-state index in [4.69, 9.17) is 22.1 Å². The van der Waals surface area contributed by atoms with Crippen molar-refractivity contribution in [1.29, 1.82) is 0 Å². The number of ether oxygens (including phenoxy) is 1. The highest BCUT2D eigenvalue weighted by atomic mass is 35.5. The number of nitrogens with zero attached hydrogens (tertiary/aromatic N) is 1. The predicted octanol–water partition coefficient (Wildman–Crippen LogP) is 3.07. The van der Waals surface area contributed by atoms with Crippen LogP contribution in [0.2, 0.25) is 5.02 Å². The second kappa shape index (κ2) is 4.93. The highest BCUT2D eigenvalue weighted by Crippen LogP contribution is 2.30. The molecule has 0 aliphatic rings. The SMILES string of the molecule is COc1ccc(Cl)c(Nc2ccncc2N)c1. The van der Waals surface area contributed by atoms with E-state index in [9.17, 15) is 0 Å². The molecule has 0 saturated heterocycles. The summed E-state index contributed by atoms with van der Waals surface area (Å²) in [5.74, 6) is 0.726. The lowest BCUT2D eigenvalue weighted by Crippen LogP contribution is -1.97. The molecule has 1 aromatic heterocycles. The van der Waals surface area contributed by atoms with Gasteiger partial charge in [-0.25, -0.2) is 0 Å². The standard InChI is InChI=1S/C12H12ClN3O/c1-17-8-2-3-9(13)12(6-8)16-11-4-5-15-7-10(11)14/h2-7H,14H2,1H3,(H,15,16). The molecule has 0 aliphatic heterocycles. The van der Waals surface area contributed by atoms with Crippen LogP contribution in [0.1, 0.15) is 0 Å². The molecule has 0 atom stereocenters. The second-order valence-electron chi connectivity index (χ2n) is 3.43. The van der Waals surface area contributed by atoms with Gasteiger partial charge in [0.25, 0.3) is 0 Å². The molecule has 0 spiro atoms. The number of nitrogens with one attached hydrogen (secondary N) is 1. The van der Waals surface area contributed by atoms with Crippen molar-refractivity contribution in [2.75, 3.05) is 18.2 Å². The van der Waals surface area contributed by atoms with Crippen LogP contribution in [0.15, 0.2) is 36.7 Å². The van der Waals surface area contributed by atoms with Crippen LogP contribution < -0.4 is 15.8 Å². The Labute approximate surface area is 104 Å². The van der Waals surface area contributed by atoms with Gasteiger partial charge in [0.15, 0.2) is 0 Å². The maximum Gasteiger partial charge on any atom is 0.121 e. The molecule has 0 aliphatic carbocycles. The Balaban J connectivity index is 2.32. The summed E-state index contributed by atoms with van der Waals surface area (Å²) < 4.78 is 5.14. The molecule has 0 saturated carbocycles. The van der Waals surface area contributed by atoms with Crippen LogP contribution in [0, 0.1) is 0 Å². The quantitative estimate of drug-likeness (QED) is 0.878. The Hall–Kier alpha value is -1.94. The number of methoxy groups -OCH3 is 1. The molecule has 5 heteroatoms. The van der Waals surface area contributed by atoms with Crippen molar-refractivity contribution >= 4 is 28.7 Å². The Morgan fingerprint density at radius 1 is 1.29 bits per heavy atom. The molecule has 2 rings (SSSR count). The smallest absolute Gasteiger partial charge is 0.121 e. The van der Waals surface area contributed by atoms with Crippen molar-refractivity contribution in [2.24, 2.45) is 0 Å². The van der Waals surface area contributed by atoms with Gasteiger partial charge in [-0.2, -0.15) is 0 Å². The Morgan fingerprint density at radius 3 is 2.82 bits per heavy atom. The Morgan fingerprint density at radius 2 is 2.12 bits per heavy atom. The highest BCUT2D eigenvalue weighted by Gasteiger charge is 2.04. The summed E-state index contributed by atoms with van der Waals surface area (Å²) in [5, 5.41) is 3.74. The van der Waals surface area contributed by atoms with Gasteiger partial charge in [0.2, 0.25) is 0 Å². The van der Waals surface area contributed by atoms with Crippen molar-refractivity contribution in [1.82, 2.24) is 4.98 Å². The van der Waals surface area contributed by atoms with Gasteiger partial charge in [-0.1, -0.05) is 11.6 Å². The first kappa shape index (κ1) is 11.5. The molecule has 3 N–H and O–H groups in total. The summed E-state index contributed by atoms with van der Waals surface area (Å²) in [5.41, 5.74) is 7.85. The monoisotopic (exact) mass is 249 g/mol. The zero-order valence-corrected chi connectivity index (χ0v) is 10.0. The number of benzene rings is 1. The first-order chi connectivity index (χ1) is 8.20. The predicted molar refractivity (Wildman–Crippen MR) is 69.9 cm³/mol. The Bertz CT molecular complexity index is 531. The van der Waals surface area contributed by atoms with Gasteiger partial charge in [0.1, 0.15) is 5.75 Å². The average molecular weight is 250 g/mol. The van der Waals surface area contributed by atoms with Crippen LogP contribution in [-0.4, -0.2) is 12.1 Å². The fraction of sp³-hybridized carbons (Fsp3) is 0.0833. The summed E-state index contributed by atoms with van der Waals surface area (Å²) in [6.07, 6.45) is 3.24. The Kier molecular flexibility index (Phi) is 3.35. The van der Waals surface area contributed by atoms with Crippen LogP contribution in [0.5, 0.6) is 5.75 Å². The first-order valence-corrected chi connectivity index (χ1v) is 5.38. The molecule has 2 aromatic rings. The molecule has 1 aromatic carbocycles. The lowest BCUT2D eigenvalue weighted by molar-refractivity contribution is 0.415. The number of anilines is 3. The van der Waals surface area contributed by atoms with E-state index in [2.05, 4.69) is 10.3 Å². The molecular weight excluding hydrogens is 238 g/mol. The molecule has 4 nitrogen and oxygen atoms in total. The molecule has 17 heavy (non-hydrogen) atoms. The number of hydrogen-bond donors (Lipinski definition) is 2. The maximum absolute atomic E-state index is 6.08. The van der Waals surface area contributed by atoms with E-state index >= 15 is 0 Å². The van der Waals surface area contributed by atoms with Gasteiger partial charge < -0.3 is 15.8 Å². The average Bonchev–Trinajstić information content (AvgIpc) is 2.35. The van der Waals surface area contributed by atoms with Crippen molar-refractivity contribution in [2.45, 2.75) is 0 Å². The second-order valence-corrected chi connectivity index (χ2v) is 3.84. The zero-order chi connectivity index (χ0) is 12.3. The lowest BCUT2D eigenvalue weighted by atomic mass is 10.2. The number of halogens is 1. The first-order valence-electron chi connectivity index (χ1n) is 5.01. The van der Waals surface area contributed by atoms with E-state index in [-0.39, 0.29) is 0 Å². The van der Waals surface area contributed by atoms with Gasteiger partial charge >= 0.3 is 0 Å². The molecule has 0 fully saturated rings. The van der Waals surface area contributed by atoms with Crippen LogP contribution in [0.25, 0.3) is 0 Å². The van der Waals surface area contributed by atoms with Gasteiger partial charge in [-0.3, -0.25) is 4.98 Å². The zero-order valence-electron chi connectivity index (χ0n) is 9.27. The number of aromatic nitrogens is 1. The summed E-state index contributed by atoms with van der Waals surface area (Å²) in [7, 11) is 1.60. The summed E-state index contributed by atoms with van der Waals surface area (Å²) in [6, 6.07) is 7.15. The third-order valence-corrected chi connectivity index (χ3v) is 2.62. The molecular formula is C12H12ClN3O. The van der Waals surface area contributed by atoms with Gasteiger partial charge in [0, 0.05) is 12.3 Å². The van der Waals surface area contributed by atoms with Crippen LogP contribution >= 0.6 is 11.6 Å². The van der Waals surface area contributed by atoms with E-state index in [0.29, 0.717) is 10.7 Å². The fourth-order valence-corrected chi connectivity index (χ4v) is 1.56.